The molecule has 7 heteroatoms. The van der Waals surface area contributed by atoms with Gasteiger partial charge in [0.05, 0.1) is 16.6 Å². The van der Waals surface area contributed by atoms with Crippen molar-refractivity contribution in [3.63, 3.8) is 0 Å². The van der Waals surface area contributed by atoms with Crippen LogP contribution in [0.4, 0.5) is 13.2 Å². The number of fused-ring (bicyclic) bond motifs is 1. The van der Waals surface area contributed by atoms with Crippen molar-refractivity contribution in [1.29, 1.82) is 0 Å². The van der Waals surface area contributed by atoms with Crippen molar-refractivity contribution in [1.82, 2.24) is 14.5 Å². The van der Waals surface area contributed by atoms with E-state index in [1.807, 2.05) is 23.7 Å². The fourth-order valence-electron chi connectivity index (χ4n) is 4.04. The number of aromatic nitrogens is 2. The number of piperidine rings is 1. The number of nitrogens with zero attached hydrogens (tertiary/aromatic N) is 3. The highest BCUT2D eigenvalue weighted by atomic mass is 19.4. The summed E-state index contributed by atoms with van der Waals surface area (Å²) in [5.41, 5.74) is 1.82. The molecular weight excluding hydrogens is 367 g/mol. The van der Waals surface area contributed by atoms with Gasteiger partial charge < -0.3 is 9.47 Å². The number of amides is 1. The molecule has 0 atom stereocenters. The van der Waals surface area contributed by atoms with Gasteiger partial charge >= 0.3 is 6.18 Å². The third kappa shape index (κ3) is 3.25. The molecule has 1 aliphatic rings. The first kappa shape index (κ1) is 18.5. The van der Waals surface area contributed by atoms with Crippen molar-refractivity contribution >= 4 is 16.9 Å². The zero-order valence-electron chi connectivity index (χ0n) is 15.4. The van der Waals surface area contributed by atoms with Gasteiger partial charge in [-0.2, -0.15) is 13.2 Å². The standard InChI is InChI=1S/C21H20F3N3O/c1-26-13-16(19-18(26)7-4-10-25-19)20(28)27-11-8-14(9-12-27)15-5-2-3-6-17(15)21(22,23)24/h2-7,10,13-14H,8-9,11-12H2,1H3. The van der Waals surface area contributed by atoms with E-state index in [0.29, 0.717) is 42.6 Å². The van der Waals surface area contributed by atoms with Crippen LogP contribution in [0.2, 0.25) is 0 Å². The van der Waals surface area contributed by atoms with Crippen molar-refractivity contribution in [3.05, 3.63) is 65.5 Å². The second-order valence-corrected chi connectivity index (χ2v) is 7.18. The number of carbonyl (C=O) groups is 1. The Morgan fingerprint density at radius 3 is 2.54 bits per heavy atom. The summed E-state index contributed by atoms with van der Waals surface area (Å²) in [6.07, 6.45) is 0.0800. The van der Waals surface area contributed by atoms with Crippen molar-refractivity contribution in [2.75, 3.05) is 13.1 Å². The molecule has 3 aromatic rings. The molecule has 0 aliphatic carbocycles. The quantitative estimate of drug-likeness (QED) is 0.644. The first-order chi connectivity index (χ1) is 13.4. The van der Waals surface area contributed by atoms with Crippen LogP contribution in [0.3, 0.4) is 0 Å². The lowest BCUT2D eigenvalue weighted by molar-refractivity contribution is -0.138. The lowest BCUT2D eigenvalue weighted by Gasteiger charge is -2.33. The maximum absolute atomic E-state index is 13.3. The third-order valence-corrected chi connectivity index (χ3v) is 5.46. The van der Waals surface area contributed by atoms with Crippen LogP contribution < -0.4 is 0 Å². The Morgan fingerprint density at radius 1 is 1.11 bits per heavy atom. The number of carbonyl (C=O) groups excluding carboxylic acids is 1. The molecule has 0 radical (unpaired) electrons. The molecule has 4 nitrogen and oxygen atoms in total. The lowest BCUT2D eigenvalue weighted by atomic mass is 9.86. The SMILES string of the molecule is Cn1cc(C(=O)N2CCC(c3ccccc3C(F)(F)F)CC2)c2ncccc21. The second kappa shape index (κ2) is 6.96. The minimum Gasteiger partial charge on any atom is -0.348 e. The van der Waals surface area contributed by atoms with E-state index in [1.54, 1.807) is 29.4 Å². The zero-order valence-corrected chi connectivity index (χ0v) is 15.4. The summed E-state index contributed by atoms with van der Waals surface area (Å²) in [6, 6.07) is 9.47. The van der Waals surface area contributed by atoms with Gasteiger partial charge in [-0.1, -0.05) is 18.2 Å². The van der Waals surface area contributed by atoms with Gasteiger partial charge in [0.1, 0.15) is 5.52 Å². The molecule has 28 heavy (non-hydrogen) atoms. The van der Waals surface area contributed by atoms with Crippen molar-refractivity contribution in [3.8, 4) is 0 Å². The van der Waals surface area contributed by atoms with Gasteiger partial charge in [0.2, 0.25) is 0 Å². The topological polar surface area (TPSA) is 38.1 Å². The van der Waals surface area contributed by atoms with Crippen LogP contribution in [0.1, 0.15) is 40.2 Å². The Kier molecular flexibility index (Phi) is 4.61. The normalized spacial score (nSPS) is 15.9. The molecule has 2 aromatic heterocycles. The lowest BCUT2D eigenvalue weighted by Crippen LogP contribution is -2.38. The minimum absolute atomic E-state index is 0.119. The summed E-state index contributed by atoms with van der Waals surface area (Å²) in [6.45, 7) is 0.859. The highest BCUT2D eigenvalue weighted by Gasteiger charge is 2.36. The number of aryl methyl sites for hydroxylation is 1. The number of likely N-dealkylation sites (tertiary alicyclic amines) is 1. The molecule has 1 fully saturated rings. The number of halogens is 3. The molecule has 4 rings (SSSR count). The summed E-state index contributed by atoms with van der Waals surface area (Å²) < 4.78 is 41.8. The first-order valence-electron chi connectivity index (χ1n) is 9.21. The molecule has 3 heterocycles. The van der Waals surface area contributed by atoms with E-state index in [-0.39, 0.29) is 11.8 Å². The molecule has 0 saturated carbocycles. The molecule has 1 aromatic carbocycles. The van der Waals surface area contributed by atoms with E-state index >= 15 is 0 Å². The highest BCUT2D eigenvalue weighted by Crippen LogP contribution is 2.38. The molecule has 146 valence electrons. The predicted octanol–water partition coefficient (Wildman–Crippen LogP) is 4.61. The molecule has 1 aliphatic heterocycles. The predicted molar refractivity (Wildman–Crippen MR) is 100 cm³/mol. The van der Waals surface area contributed by atoms with Crippen molar-refractivity contribution in [2.24, 2.45) is 7.05 Å². The van der Waals surface area contributed by atoms with Gasteiger partial charge in [0.15, 0.2) is 0 Å². The highest BCUT2D eigenvalue weighted by molar-refractivity contribution is 6.05. The number of pyridine rings is 1. The second-order valence-electron chi connectivity index (χ2n) is 7.18. The van der Waals surface area contributed by atoms with Crippen LogP contribution in [-0.2, 0) is 13.2 Å². The summed E-state index contributed by atoms with van der Waals surface area (Å²) >= 11 is 0. The van der Waals surface area contributed by atoms with Crippen LogP contribution in [-0.4, -0.2) is 33.4 Å². The van der Waals surface area contributed by atoms with Crippen LogP contribution in [0.25, 0.3) is 11.0 Å². The Morgan fingerprint density at radius 2 is 1.82 bits per heavy atom. The van der Waals surface area contributed by atoms with E-state index < -0.39 is 11.7 Å². The van der Waals surface area contributed by atoms with Crippen molar-refractivity contribution in [2.45, 2.75) is 24.9 Å². The van der Waals surface area contributed by atoms with Gasteiger partial charge in [0, 0.05) is 32.5 Å². The van der Waals surface area contributed by atoms with E-state index in [4.69, 9.17) is 0 Å². The fourth-order valence-corrected chi connectivity index (χ4v) is 4.04. The van der Waals surface area contributed by atoms with Gasteiger partial charge in [-0.05, 0) is 42.5 Å². The number of benzene rings is 1. The van der Waals surface area contributed by atoms with Gasteiger partial charge in [-0.3, -0.25) is 9.78 Å². The smallest absolute Gasteiger partial charge is 0.348 e. The third-order valence-electron chi connectivity index (χ3n) is 5.46. The van der Waals surface area contributed by atoms with E-state index in [0.717, 1.165) is 11.6 Å². The number of hydrogen-bond donors (Lipinski definition) is 0. The number of alkyl halides is 3. The Balaban J connectivity index is 1.53. The number of rotatable bonds is 2. The van der Waals surface area contributed by atoms with E-state index in [2.05, 4.69) is 4.98 Å². The first-order valence-corrected chi connectivity index (χ1v) is 9.21. The average Bonchev–Trinajstić information content (AvgIpc) is 3.04. The zero-order chi connectivity index (χ0) is 19.9. The van der Waals surface area contributed by atoms with Crippen LogP contribution >= 0.6 is 0 Å². The maximum Gasteiger partial charge on any atom is 0.416 e. The van der Waals surface area contributed by atoms with E-state index in [1.165, 1.54) is 6.07 Å². The minimum atomic E-state index is -4.36. The fraction of sp³-hybridized carbons (Fsp3) is 0.333. The van der Waals surface area contributed by atoms with Gasteiger partial charge in [-0.25, -0.2) is 0 Å². The molecule has 1 amide bonds. The van der Waals surface area contributed by atoms with Gasteiger partial charge in [0.25, 0.3) is 5.91 Å². The van der Waals surface area contributed by atoms with Gasteiger partial charge in [-0.15, -0.1) is 0 Å². The average molecular weight is 387 g/mol. The van der Waals surface area contributed by atoms with Crippen LogP contribution in [0.15, 0.2) is 48.8 Å². The van der Waals surface area contributed by atoms with E-state index in [9.17, 15) is 18.0 Å². The summed E-state index contributed by atoms with van der Waals surface area (Å²) in [4.78, 5) is 19.0. The maximum atomic E-state index is 13.3. The monoisotopic (exact) mass is 387 g/mol. The summed E-state index contributed by atoms with van der Waals surface area (Å²) in [5.74, 6) is -0.320. The van der Waals surface area contributed by atoms with Crippen LogP contribution in [0, 0.1) is 0 Å². The molecule has 0 N–H and O–H groups in total. The largest absolute Gasteiger partial charge is 0.416 e. The summed E-state index contributed by atoms with van der Waals surface area (Å²) in [7, 11) is 1.86. The number of hydrogen-bond acceptors (Lipinski definition) is 2. The molecular formula is C21H20F3N3O. The summed E-state index contributed by atoms with van der Waals surface area (Å²) in [5, 5.41) is 0. The molecule has 0 spiro atoms. The Bertz CT molecular complexity index is 1020. The molecule has 0 unspecified atom stereocenters. The molecule has 1 saturated heterocycles. The Hall–Kier alpha value is -2.83. The van der Waals surface area contributed by atoms with Crippen LogP contribution in [0.5, 0.6) is 0 Å². The Labute approximate surface area is 160 Å². The van der Waals surface area contributed by atoms with Crippen molar-refractivity contribution < 1.29 is 18.0 Å². The molecule has 0 bridgehead atoms.